The summed E-state index contributed by atoms with van der Waals surface area (Å²) in [5, 5.41) is 4.70. The SMILES string of the molecule is Cc1nc(-c2cccnc2)sc1CNC(=O)c1sc(-n2cccc2)nc1C. The topological polar surface area (TPSA) is 72.7 Å². The van der Waals surface area contributed by atoms with Gasteiger partial charge in [-0.05, 0) is 38.1 Å². The number of carbonyl (C=O) groups excluding carboxylic acids is 1. The third-order valence-electron chi connectivity index (χ3n) is 4.03. The Bertz CT molecular complexity index is 1070. The third kappa shape index (κ3) is 3.67. The van der Waals surface area contributed by atoms with Gasteiger partial charge in [-0.2, -0.15) is 0 Å². The second-order valence-electron chi connectivity index (χ2n) is 5.95. The van der Waals surface area contributed by atoms with Gasteiger partial charge in [-0.25, -0.2) is 9.97 Å². The lowest BCUT2D eigenvalue weighted by atomic mass is 10.3. The fourth-order valence-electron chi connectivity index (χ4n) is 2.61. The summed E-state index contributed by atoms with van der Waals surface area (Å²) in [6, 6.07) is 7.74. The maximum Gasteiger partial charge on any atom is 0.263 e. The quantitative estimate of drug-likeness (QED) is 0.554. The summed E-state index contributed by atoms with van der Waals surface area (Å²) in [5.74, 6) is -0.112. The summed E-state index contributed by atoms with van der Waals surface area (Å²) in [6.45, 7) is 4.26. The average molecular weight is 396 g/mol. The molecule has 4 heterocycles. The number of nitrogens with zero attached hydrogens (tertiary/aromatic N) is 4. The highest BCUT2D eigenvalue weighted by Gasteiger charge is 2.17. The number of thiazole rings is 2. The molecule has 4 aromatic heterocycles. The van der Waals surface area contributed by atoms with E-state index in [2.05, 4.69) is 20.3 Å². The van der Waals surface area contributed by atoms with Gasteiger partial charge in [0.15, 0.2) is 5.13 Å². The average Bonchev–Trinajstić information content (AvgIpc) is 3.40. The van der Waals surface area contributed by atoms with Crippen molar-refractivity contribution < 1.29 is 4.79 Å². The van der Waals surface area contributed by atoms with Crippen LogP contribution < -0.4 is 5.32 Å². The van der Waals surface area contributed by atoms with Gasteiger partial charge in [0.25, 0.3) is 5.91 Å². The monoisotopic (exact) mass is 395 g/mol. The van der Waals surface area contributed by atoms with E-state index in [1.54, 1.807) is 23.7 Å². The van der Waals surface area contributed by atoms with Gasteiger partial charge < -0.3 is 9.88 Å². The summed E-state index contributed by atoms with van der Waals surface area (Å²) in [5.41, 5.74) is 2.64. The van der Waals surface area contributed by atoms with E-state index in [-0.39, 0.29) is 5.91 Å². The lowest BCUT2D eigenvalue weighted by molar-refractivity contribution is 0.0954. The van der Waals surface area contributed by atoms with Crippen molar-refractivity contribution in [1.82, 2.24) is 24.8 Å². The van der Waals surface area contributed by atoms with Crippen LogP contribution >= 0.6 is 22.7 Å². The van der Waals surface area contributed by atoms with E-state index in [1.807, 2.05) is 55.1 Å². The second kappa shape index (κ2) is 7.42. The van der Waals surface area contributed by atoms with Crippen LogP contribution in [0.3, 0.4) is 0 Å². The number of hydrogen-bond acceptors (Lipinski definition) is 6. The fourth-order valence-corrected chi connectivity index (χ4v) is 4.55. The Morgan fingerprint density at radius 3 is 2.67 bits per heavy atom. The summed E-state index contributed by atoms with van der Waals surface area (Å²) in [6.07, 6.45) is 7.37. The molecule has 0 aromatic carbocycles. The molecule has 0 saturated carbocycles. The van der Waals surface area contributed by atoms with Crippen molar-refractivity contribution in [1.29, 1.82) is 0 Å². The van der Waals surface area contributed by atoms with Crippen LogP contribution in [-0.4, -0.2) is 25.4 Å². The van der Waals surface area contributed by atoms with Crippen molar-refractivity contribution in [3.63, 3.8) is 0 Å². The molecule has 1 amide bonds. The summed E-state index contributed by atoms with van der Waals surface area (Å²) >= 11 is 2.96. The molecule has 0 aliphatic carbocycles. The highest BCUT2D eigenvalue weighted by molar-refractivity contribution is 7.16. The van der Waals surface area contributed by atoms with Gasteiger partial charge in [-0.15, -0.1) is 11.3 Å². The van der Waals surface area contributed by atoms with Crippen LogP contribution in [0.15, 0.2) is 49.1 Å². The fraction of sp³-hybridized carbons (Fsp3) is 0.158. The molecule has 4 rings (SSSR count). The third-order valence-corrected chi connectivity index (χ3v) is 6.40. The standard InChI is InChI=1S/C19H17N5OS2/c1-12-15(26-18(22-12)14-6-5-7-20-10-14)11-21-17(25)16-13(2)23-19(27-16)24-8-3-4-9-24/h3-10H,11H2,1-2H3,(H,21,25). The van der Waals surface area contributed by atoms with E-state index in [0.717, 1.165) is 32.0 Å². The molecule has 6 nitrogen and oxygen atoms in total. The molecule has 0 bridgehead atoms. The Hall–Kier alpha value is -2.84. The maximum absolute atomic E-state index is 12.6. The van der Waals surface area contributed by atoms with Crippen LogP contribution in [0.2, 0.25) is 0 Å². The lowest BCUT2D eigenvalue weighted by Gasteiger charge is -2.02. The van der Waals surface area contributed by atoms with Gasteiger partial charge in [0.2, 0.25) is 0 Å². The van der Waals surface area contributed by atoms with E-state index >= 15 is 0 Å². The van der Waals surface area contributed by atoms with Crippen LogP contribution in [-0.2, 0) is 6.54 Å². The molecule has 8 heteroatoms. The lowest BCUT2D eigenvalue weighted by Crippen LogP contribution is -2.22. The van der Waals surface area contributed by atoms with Gasteiger partial charge in [0.05, 0.1) is 17.9 Å². The molecule has 0 saturated heterocycles. The zero-order chi connectivity index (χ0) is 18.8. The van der Waals surface area contributed by atoms with Crippen LogP contribution in [0.25, 0.3) is 15.7 Å². The predicted octanol–water partition coefficient (Wildman–Crippen LogP) is 4.00. The maximum atomic E-state index is 12.6. The number of hydrogen-bond donors (Lipinski definition) is 1. The van der Waals surface area contributed by atoms with Gasteiger partial charge in [-0.3, -0.25) is 9.78 Å². The number of nitrogens with one attached hydrogen (secondary N) is 1. The van der Waals surface area contributed by atoms with Crippen molar-refractivity contribution in [3.8, 4) is 15.7 Å². The molecule has 0 spiro atoms. The minimum absolute atomic E-state index is 0.112. The summed E-state index contributed by atoms with van der Waals surface area (Å²) in [4.78, 5) is 27.5. The van der Waals surface area contributed by atoms with Gasteiger partial charge in [0.1, 0.15) is 9.88 Å². The second-order valence-corrected chi connectivity index (χ2v) is 8.01. The molecule has 27 heavy (non-hydrogen) atoms. The molecule has 4 aromatic rings. The van der Waals surface area contributed by atoms with Crippen LogP contribution in [0.1, 0.15) is 25.9 Å². The first kappa shape index (κ1) is 17.6. The highest BCUT2D eigenvalue weighted by Crippen LogP contribution is 2.27. The molecule has 0 unspecified atom stereocenters. The number of carbonyl (C=O) groups is 1. The zero-order valence-corrected chi connectivity index (χ0v) is 16.5. The predicted molar refractivity (Wildman–Crippen MR) is 107 cm³/mol. The largest absolute Gasteiger partial charge is 0.346 e. The molecule has 0 radical (unpaired) electrons. The normalized spacial score (nSPS) is 10.9. The highest BCUT2D eigenvalue weighted by atomic mass is 32.1. The van der Waals surface area contributed by atoms with Crippen LogP contribution in [0.4, 0.5) is 0 Å². The van der Waals surface area contributed by atoms with E-state index in [4.69, 9.17) is 0 Å². The first-order chi connectivity index (χ1) is 13.1. The van der Waals surface area contributed by atoms with Crippen molar-refractivity contribution in [2.24, 2.45) is 0 Å². The smallest absolute Gasteiger partial charge is 0.263 e. The Labute approximate surface area is 164 Å². The van der Waals surface area contributed by atoms with Crippen LogP contribution in [0.5, 0.6) is 0 Å². The van der Waals surface area contributed by atoms with E-state index in [1.165, 1.54) is 11.3 Å². The number of amides is 1. The van der Waals surface area contributed by atoms with Crippen molar-refractivity contribution in [2.75, 3.05) is 0 Å². The Morgan fingerprint density at radius 2 is 1.93 bits per heavy atom. The van der Waals surface area contributed by atoms with Crippen molar-refractivity contribution in [2.45, 2.75) is 20.4 Å². The van der Waals surface area contributed by atoms with Gasteiger partial charge >= 0.3 is 0 Å². The number of pyridine rings is 1. The first-order valence-corrected chi connectivity index (χ1v) is 10.0. The summed E-state index contributed by atoms with van der Waals surface area (Å²) < 4.78 is 1.90. The molecule has 0 atom stereocenters. The minimum Gasteiger partial charge on any atom is -0.346 e. The Kier molecular flexibility index (Phi) is 4.83. The summed E-state index contributed by atoms with van der Waals surface area (Å²) in [7, 11) is 0. The molecule has 1 N–H and O–H groups in total. The Balaban J connectivity index is 1.48. The molecular weight excluding hydrogens is 378 g/mol. The zero-order valence-electron chi connectivity index (χ0n) is 14.8. The number of aromatic nitrogens is 4. The number of aryl methyl sites for hydroxylation is 2. The first-order valence-electron chi connectivity index (χ1n) is 8.37. The minimum atomic E-state index is -0.112. The van der Waals surface area contributed by atoms with E-state index in [0.29, 0.717) is 11.4 Å². The molecule has 0 fully saturated rings. The number of rotatable bonds is 5. The van der Waals surface area contributed by atoms with Gasteiger partial charge in [0, 0.05) is 35.2 Å². The van der Waals surface area contributed by atoms with Crippen molar-refractivity contribution in [3.05, 3.63) is 70.2 Å². The molecule has 136 valence electrons. The molecular formula is C19H17N5OS2. The van der Waals surface area contributed by atoms with Gasteiger partial charge in [-0.1, -0.05) is 11.3 Å². The van der Waals surface area contributed by atoms with E-state index < -0.39 is 0 Å². The van der Waals surface area contributed by atoms with Crippen LogP contribution in [0, 0.1) is 13.8 Å². The Morgan fingerprint density at radius 1 is 1.11 bits per heavy atom. The molecule has 0 aliphatic rings. The van der Waals surface area contributed by atoms with Crippen molar-refractivity contribution >= 4 is 28.6 Å². The molecule has 0 aliphatic heterocycles. The van der Waals surface area contributed by atoms with E-state index in [9.17, 15) is 4.79 Å².